The van der Waals surface area contributed by atoms with Gasteiger partial charge in [0.2, 0.25) is 5.91 Å². The number of carbonyl (C=O) groups excluding carboxylic acids is 1. The molecule has 0 aliphatic carbocycles. The van der Waals surface area contributed by atoms with Crippen LogP contribution in [-0.2, 0) is 21.2 Å². The van der Waals surface area contributed by atoms with E-state index in [-0.39, 0.29) is 35.6 Å². The Morgan fingerprint density at radius 3 is 2.66 bits per heavy atom. The van der Waals surface area contributed by atoms with E-state index in [0.717, 1.165) is 23.0 Å². The summed E-state index contributed by atoms with van der Waals surface area (Å²) in [4.78, 5) is 38.9. The van der Waals surface area contributed by atoms with Crippen molar-refractivity contribution in [1.82, 2.24) is 14.9 Å². The van der Waals surface area contributed by atoms with E-state index < -0.39 is 37.7 Å². The fourth-order valence-electron chi connectivity index (χ4n) is 2.90. The van der Waals surface area contributed by atoms with Gasteiger partial charge in [-0.05, 0) is 30.3 Å². The number of fused-ring (bicyclic) bond motifs is 1. The quantitative estimate of drug-likeness (QED) is 0.286. The molecule has 1 heterocycles. The molecule has 2 aromatic carbocycles. The van der Waals surface area contributed by atoms with Gasteiger partial charge in [0, 0.05) is 25.4 Å². The molecule has 0 fully saturated rings. The van der Waals surface area contributed by atoms with Crippen LogP contribution in [0.2, 0.25) is 0 Å². The maximum Gasteiger partial charge on any atom is 0.293 e. The number of carbonyl (C=O) groups is 1. The van der Waals surface area contributed by atoms with Gasteiger partial charge in [0.25, 0.3) is 11.2 Å². The molecule has 0 bridgehead atoms. The summed E-state index contributed by atoms with van der Waals surface area (Å²) in [7, 11) is -3.60. The number of nitro benzene ring substituents is 1. The van der Waals surface area contributed by atoms with E-state index in [2.05, 4.69) is 15.6 Å². The summed E-state index contributed by atoms with van der Waals surface area (Å²) in [5.74, 6) is -1.11. The van der Waals surface area contributed by atoms with E-state index >= 15 is 0 Å². The summed E-state index contributed by atoms with van der Waals surface area (Å²) in [6.45, 7) is -0.184. The van der Waals surface area contributed by atoms with E-state index in [9.17, 15) is 32.5 Å². The van der Waals surface area contributed by atoms with Crippen LogP contribution in [0.4, 0.5) is 15.8 Å². The first-order valence-corrected chi connectivity index (χ1v) is 11.1. The predicted molar refractivity (Wildman–Crippen MR) is 114 cm³/mol. The normalized spacial score (nSPS) is 11.3. The van der Waals surface area contributed by atoms with Crippen molar-refractivity contribution >= 4 is 38.0 Å². The van der Waals surface area contributed by atoms with Crippen LogP contribution in [0.15, 0.2) is 52.4 Å². The van der Waals surface area contributed by atoms with Gasteiger partial charge in [-0.15, -0.1) is 0 Å². The number of nitro groups is 1. The SMILES string of the molecule is CS(=O)(=O)c1ccc(NCCNC(=O)Cn2cnc3ccc(F)cc3c2=O)c([N+](=O)[O-])c1. The highest BCUT2D eigenvalue weighted by molar-refractivity contribution is 7.90. The molecule has 2 N–H and O–H groups in total. The van der Waals surface area contributed by atoms with E-state index in [0.29, 0.717) is 5.52 Å². The summed E-state index contributed by atoms with van der Waals surface area (Å²) in [6, 6.07) is 7.06. The van der Waals surface area contributed by atoms with Gasteiger partial charge in [0.1, 0.15) is 18.0 Å². The molecule has 1 aromatic heterocycles. The minimum Gasteiger partial charge on any atom is -0.378 e. The molecular weight excluding hydrogens is 445 g/mol. The first kappa shape index (κ1) is 22.8. The van der Waals surface area contributed by atoms with Crippen LogP contribution in [0.25, 0.3) is 10.9 Å². The molecule has 32 heavy (non-hydrogen) atoms. The van der Waals surface area contributed by atoms with Gasteiger partial charge in [-0.25, -0.2) is 17.8 Å². The number of sulfone groups is 1. The van der Waals surface area contributed by atoms with Crippen molar-refractivity contribution < 1.29 is 22.5 Å². The monoisotopic (exact) mass is 463 g/mol. The summed E-state index contributed by atoms with van der Waals surface area (Å²) in [5.41, 5.74) is -0.584. The third-order valence-electron chi connectivity index (χ3n) is 4.46. The number of hydrogen-bond donors (Lipinski definition) is 2. The fourth-order valence-corrected chi connectivity index (χ4v) is 3.54. The van der Waals surface area contributed by atoms with Gasteiger partial charge >= 0.3 is 0 Å². The second kappa shape index (κ2) is 9.09. The van der Waals surface area contributed by atoms with E-state index in [4.69, 9.17) is 0 Å². The second-order valence-corrected chi connectivity index (χ2v) is 8.84. The Balaban J connectivity index is 1.60. The van der Waals surface area contributed by atoms with Gasteiger partial charge < -0.3 is 10.6 Å². The standard InChI is InChI=1S/C19H18FN5O6S/c1-32(30,31)13-3-5-16(17(9-13)25(28)29)21-6-7-22-18(26)10-24-11-23-15-4-2-12(20)8-14(15)19(24)27/h2-5,8-9,11,21H,6-7,10H2,1H3,(H,22,26). The Labute approximate surface area is 181 Å². The second-order valence-electron chi connectivity index (χ2n) is 6.82. The van der Waals surface area contributed by atoms with E-state index in [1.165, 1.54) is 30.6 Å². The van der Waals surface area contributed by atoms with Crippen molar-refractivity contribution in [3.8, 4) is 0 Å². The van der Waals surface area contributed by atoms with Crippen LogP contribution in [0, 0.1) is 15.9 Å². The highest BCUT2D eigenvalue weighted by Gasteiger charge is 2.18. The highest BCUT2D eigenvalue weighted by Crippen LogP contribution is 2.27. The average molecular weight is 463 g/mol. The number of rotatable bonds is 8. The molecule has 3 rings (SSSR count). The largest absolute Gasteiger partial charge is 0.378 e. The average Bonchev–Trinajstić information content (AvgIpc) is 2.73. The van der Waals surface area contributed by atoms with Crippen molar-refractivity contribution in [3.63, 3.8) is 0 Å². The Morgan fingerprint density at radius 1 is 1.22 bits per heavy atom. The number of nitrogens with one attached hydrogen (secondary N) is 2. The lowest BCUT2D eigenvalue weighted by molar-refractivity contribution is -0.384. The Kier molecular flexibility index (Phi) is 6.48. The number of aromatic nitrogens is 2. The van der Waals surface area contributed by atoms with Gasteiger partial charge in [-0.2, -0.15) is 0 Å². The van der Waals surface area contributed by atoms with Crippen LogP contribution in [0.1, 0.15) is 0 Å². The molecule has 0 aliphatic rings. The lowest BCUT2D eigenvalue weighted by Crippen LogP contribution is -2.35. The zero-order valence-electron chi connectivity index (χ0n) is 16.7. The van der Waals surface area contributed by atoms with Gasteiger partial charge in [0.05, 0.1) is 27.0 Å². The number of nitrogens with zero attached hydrogens (tertiary/aromatic N) is 3. The Morgan fingerprint density at radius 2 is 1.97 bits per heavy atom. The third kappa shape index (κ3) is 5.24. The van der Waals surface area contributed by atoms with Crippen molar-refractivity contribution in [2.45, 2.75) is 11.4 Å². The van der Waals surface area contributed by atoms with Crippen molar-refractivity contribution in [1.29, 1.82) is 0 Å². The number of hydrogen-bond acceptors (Lipinski definition) is 8. The first-order valence-electron chi connectivity index (χ1n) is 9.20. The van der Waals surface area contributed by atoms with Crippen molar-refractivity contribution in [3.05, 3.63) is 69.0 Å². The minimum absolute atomic E-state index is 0.0480. The molecule has 0 aliphatic heterocycles. The van der Waals surface area contributed by atoms with E-state index in [1.54, 1.807) is 0 Å². The minimum atomic E-state index is -3.60. The van der Waals surface area contributed by atoms with Crippen LogP contribution in [0.3, 0.4) is 0 Å². The maximum absolute atomic E-state index is 13.4. The molecule has 0 radical (unpaired) electrons. The zero-order chi connectivity index (χ0) is 23.5. The highest BCUT2D eigenvalue weighted by atomic mass is 32.2. The van der Waals surface area contributed by atoms with E-state index in [1.807, 2.05) is 0 Å². The smallest absolute Gasteiger partial charge is 0.293 e. The lowest BCUT2D eigenvalue weighted by Gasteiger charge is -2.10. The summed E-state index contributed by atoms with van der Waals surface area (Å²) < 4.78 is 37.6. The summed E-state index contributed by atoms with van der Waals surface area (Å²) >= 11 is 0. The number of anilines is 1. The zero-order valence-corrected chi connectivity index (χ0v) is 17.6. The van der Waals surface area contributed by atoms with Crippen LogP contribution in [-0.4, -0.2) is 48.1 Å². The summed E-state index contributed by atoms with van der Waals surface area (Å²) in [5, 5.41) is 16.6. The molecule has 0 saturated heterocycles. The molecule has 0 unspecified atom stereocenters. The molecule has 0 spiro atoms. The predicted octanol–water partition coefficient (Wildman–Crippen LogP) is 1.08. The first-order chi connectivity index (χ1) is 15.1. The molecular formula is C19H18FN5O6S. The van der Waals surface area contributed by atoms with Crippen LogP contribution < -0.4 is 16.2 Å². The molecule has 0 saturated carbocycles. The fraction of sp³-hybridized carbons (Fsp3) is 0.211. The molecule has 11 nitrogen and oxygen atoms in total. The van der Waals surface area contributed by atoms with Crippen LogP contribution in [0.5, 0.6) is 0 Å². The molecule has 1 amide bonds. The summed E-state index contributed by atoms with van der Waals surface area (Å²) in [6.07, 6.45) is 2.13. The number of benzene rings is 2. The maximum atomic E-state index is 13.4. The third-order valence-corrected chi connectivity index (χ3v) is 5.57. The van der Waals surface area contributed by atoms with Crippen molar-refractivity contribution in [2.24, 2.45) is 0 Å². The van der Waals surface area contributed by atoms with Gasteiger partial charge in [-0.1, -0.05) is 0 Å². The molecule has 3 aromatic rings. The lowest BCUT2D eigenvalue weighted by atomic mass is 10.2. The number of amides is 1. The molecule has 13 heteroatoms. The number of halogens is 1. The van der Waals surface area contributed by atoms with Crippen LogP contribution >= 0.6 is 0 Å². The Hall–Kier alpha value is -3.87. The van der Waals surface area contributed by atoms with Gasteiger partial charge in [0.15, 0.2) is 9.84 Å². The topological polar surface area (TPSA) is 153 Å². The van der Waals surface area contributed by atoms with Gasteiger partial charge in [-0.3, -0.25) is 24.3 Å². The Bertz CT molecular complexity index is 1370. The molecule has 168 valence electrons. The molecule has 0 atom stereocenters. The van der Waals surface area contributed by atoms with Crippen molar-refractivity contribution in [2.75, 3.05) is 24.7 Å².